The van der Waals surface area contributed by atoms with E-state index in [0.717, 1.165) is 37.3 Å². The van der Waals surface area contributed by atoms with Crippen molar-refractivity contribution < 1.29 is 4.39 Å². The maximum absolute atomic E-state index is 13.7. The predicted octanol–water partition coefficient (Wildman–Crippen LogP) is 2.24. The van der Waals surface area contributed by atoms with Crippen LogP contribution in [0.15, 0.2) is 12.1 Å². The summed E-state index contributed by atoms with van der Waals surface area (Å²) in [6.45, 7) is 2.84. The van der Waals surface area contributed by atoms with Crippen molar-refractivity contribution in [3.63, 3.8) is 0 Å². The van der Waals surface area contributed by atoms with Gasteiger partial charge in [0, 0.05) is 41.9 Å². The van der Waals surface area contributed by atoms with Crippen LogP contribution in [0, 0.1) is 5.82 Å². The lowest BCUT2D eigenvalue weighted by atomic mass is 10.1. The maximum Gasteiger partial charge on any atom is 0.130 e. The van der Waals surface area contributed by atoms with E-state index in [-0.39, 0.29) is 18.2 Å². The van der Waals surface area contributed by atoms with Crippen LogP contribution in [0.1, 0.15) is 5.56 Å². The van der Waals surface area contributed by atoms with Crippen LogP contribution < -0.4 is 10.2 Å². The zero-order valence-corrected chi connectivity index (χ0v) is 10.2. The van der Waals surface area contributed by atoms with Crippen LogP contribution in [0.4, 0.5) is 10.1 Å². The molecule has 0 aromatic heterocycles. The summed E-state index contributed by atoms with van der Waals surface area (Å²) in [4.78, 5) is 2.26. The van der Waals surface area contributed by atoms with E-state index in [0.29, 0.717) is 11.1 Å². The number of anilines is 1. The van der Waals surface area contributed by atoms with E-state index >= 15 is 0 Å². The van der Waals surface area contributed by atoms with E-state index in [9.17, 15) is 4.39 Å². The molecule has 1 aromatic carbocycles. The zero-order valence-electron chi connectivity index (χ0n) is 8.67. The van der Waals surface area contributed by atoms with Gasteiger partial charge in [-0.1, -0.05) is 11.6 Å². The highest BCUT2D eigenvalue weighted by Crippen LogP contribution is 2.36. The molecule has 1 saturated heterocycles. The lowest BCUT2D eigenvalue weighted by Gasteiger charge is -2.32. The highest BCUT2D eigenvalue weighted by atomic mass is 35.5. The smallest absolute Gasteiger partial charge is 0.130 e. The molecule has 0 amide bonds. The van der Waals surface area contributed by atoms with Gasteiger partial charge in [-0.25, -0.2) is 4.39 Å². The predicted molar refractivity (Wildman–Crippen MR) is 66.4 cm³/mol. The molecule has 0 saturated carbocycles. The summed E-state index contributed by atoms with van der Waals surface area (Å²) >= 11 is 5.88. The molecule has 1 N–H and O–H groups in total. The monoisotopic (exact) mass is 262 g/mol. The highest BCUT2D eigenvalue weighted by Gasteiger charge is 2.33. The van der Waals surface area contributed by atoms with Crippen molar-refractivity contribution >= 4 is 29.7 Å². The van der Waals surface area contributed by atoms with Gasteiger partial charge in [0.05, 0.1) is 0 Å². The largest absolute Gasteiger partial charge is 0.365 e. The summed E-state index contributed by atoms with van der Waals surface area (Å²) in [5.74, 6) is -0.160. The van der Waals surface area contributed by atoms with Gasteiger partial charge in [0.1, 0.15) is 5.82 Å². The summed E-state index contributed by atoms with van der Waals surface area (Å²) in [7, 11) is 0. The molecule has 2 nitrogen and oxygen atoms in total. The Morgan fingerprint density at radius 2 is 2.25 bits per heavy atom. The third-order valence-electron chi connectivity index (χ3n) is 3.24. The van der Waals surface area contributed by atoms with Gasteiger partial charge in [0.15, 0.2) is 0 Å². The molecular formula is C11H13Cl2FN2. The van der Waals surface area contributed by atoms with Crippen molar-refractivity contribution in [2.24, 2.45) is 0 Å². The molecule has 88 valence electrons. The van der Waals surface area contributed by atoms with Gasteiger partial charge in [0.2, 0.25) is 0 Å². The molecule has 2 heterocycles. The minimum absolute atomic E-state index is 0. The Morgan fingerprint density at radius 1 is 1.44 bits per heavy atom. The average Bonchev–Trinajstić information content (AvgIpc) is 2.57. The number of nitrogens with one attached hydrogen (secondary N) is 1. The normalized spacial score (nSPS) is 22.4. The first-order chi connectivity index (χ1) is 7.25. The van der Waals surface area contributed by atoms with Gasteiger partial charge in [-0.05, 0) is 18.6 Å². The number of benzene rings is 1. The van der Waals surface area contributed by atoms with Crippen LogP contribution in [0.3, 0.4) is 0 Å². The number of rotatable bonds is 0. The topological polar surface area (TPSA) is 15.3 Å². The summed E-state index contributed by atoms with van der Waals surface area (Å²) in [6, 6.07) is 3.69. The van der Waals surface area contributed by atoms with Gasteiger partial charge in [-0.15, -0.1) is 12.4 Å². The lowest BCUT2D eigenvalue weighted by Crippen LogP contribution is -2.49. The van der Waals surface area contributed by atoms with E-state index in [2.05, 4.69) is 10.2 Å². The summed E-state index contributed by atoms with van der Waals surface area (Å²) in [5, 5.41) is 3.82. The third-order valence-corrected chi connectivity index (χ3v) is 3.45. The van der Waals surface area contributed by atoms with Crippen molar-refractivity contribution in [2.75, 3.05) is 24.5 Å². The molecule has 1 atom stereocenters. The Kier molecular flexibility index (Phi) is 3.29. The van der Waals surface area contributed by atoms with Gasteiger partial charge in [-0.3, -0.25) is 0 Å². The molecule has 0 radical (unpaired) electrons. The van der Waals surface area contributed by atoms with Crippen molar-refractivity contribution in [1.82, 2.24) is 5.32 Å². The Balaban J connectivity index is 0.000000963. The highest BCUT2D eigenvalue weighted by molar-refractivity contribution is 6.30. The number of halogens is 3. The van der Waals surface area contributed by atoms with E-state index in [1.807, 2.05) is 6.07 Å². The molecule has 2 aliphatic rings. The molecule has 16 heavy (non-hydrogen) atoms. The fourth-order valence-corrected chi connectivity index (χ4v) is 2.74. The molecule has 0 spiro atoms. The first-order valence-electron chi connectivity index (χ1n) is 5.21. The standard InChI is InChI=1S/C11H12ClFN2.ClH/c12-7-3-10(13)9-5-8-6-14-1-2-15(8)11(9)4-7;/h3-4,8,14H,1-2,5-6H2;1H. The first-order valence-corrected chi connectivity index (χ1v) is 5.59. The molecule has 1 fully saturated rings. The Labute approximate surface area is 105 Å². The van der Waals surface area contributed by atoms with Gasteiger partial charge < -0.3 is 10.2 Å². The van der Waals surface area contributed by atoms with Crippen LogP contribution in [0.25, 0.3) is 0 Å². The lowest BCUT2D eigenvalue weighted by molar-refractivity contribution is 0.492. The van der Waals surface area contributed by atoms with Crippen molar-refractivity contribution in [3.05, 3.63) is 28.5 Å². The molecule has 0 aliphatic carbocycles. The Hall–Kier alpha value is -0.510. The fraction of sp³-hybridized carbons (Fsp3) is 0.455. The van der Waals surface area contributed by atoms with Crippen molar-refractivity contribution in [1.29, 1.82) is 0 Å². The zero-order chi connectivity index (χ0) is 10.4. The molecule has 1 aromatic rings. The van der Waals surface area contributed by atoms with Crippen molar-refractivity contribution in [3.8, 4) is 0 Å². The van der Waals surface area contributed by atoms with E-state index in [1.165, 1.54) is 6.07 Å². The second-order valence-corrected chi connectivity index (χ2v) is 4.58. The van der Waals surface area contributed by atoms with Crippen molar-refractivity contribution in [2.45, 2.75) is 12.5 Å². The average molecular weight is 263 g/mol. The van der Waals surface area contributed by atoms with E-state index in [1.54, 1.807) is 0 Å². The summed E-state index contributed by atoms with van der Waals surface area (Å²) in [6.07, 6.45) is 0.797. The number of nitrogens with zero attached hydrogens (tertiary/aromatic N) is 1. The van der Waals surface area contributed by atoms with Crippen LogP contribution in [0.5, 0.6) is 0 Å². The second kappa shape index (κ2) is 4.40. The van der Waals surface area contributed by atoms with Gasteiger partial charge in [-0.2, -0.15) is 0 Å². The summed E-state index contributed by atoms with van der Waals surface area (Å²) < 4.78 is 13.7. The molecule has 5 heteroatoms. The molecule has 2 aliphatic heterocycles. The first kappa shape index (κ1) is 12.0. The molecule has 0 bridgehead atoms. The Bertz CT molecular complexity index is 411. The molecular weight excluding hydrogens is 250 g/mol. The summed E-state index contributed by atoms with van der Waals surface area (Å²) in [5.41, 5.74) is 1.82. The fourth-order valence-electron chi connectivity index (χ4n) is 2.54. The van der Waals surface area contributed by atoms with E-state index < -0.39 is 0 Å². The van der Waals surface area contributed by atoms with Gasteiger partial charge in [0.25, 0.3) is 0 Å². The van der Waals surface area contributed by atoms with Crippen LogP contribution in [0.2, 0.25) is 5.02 Å². The van der Waals surface area contributed by atoms with Gasteiger partial charge >= 0.3 is 0 Å². The maximum atomic E-state index is 13.7. The number of hydrogen-bond acceptors (Lipinski definition) is 2. The molecule has 3 rings (SSSR count). The third kappa shape index (κ3) is 1.77. The van der Waals surface area contributed by atoms with Crippen LogP contribution in [-0.2, 0) is 6.42 Å². The quantitative estimate of drug-likeness (QED) is 0.772. The number of piperazine rings is 1. The minimum atomic E-state index is -0.160. The van der Waals surface area contributed by atoms with E-state index in [4.69, 9.17) is 11.6 Å². The van der Waals surface area contributed by atoms with Crippen LogP contribution >= 0.6 is 24.0 Å². The van der Waals surface area contributed by atoms with Crippen LogP contribution in [-0.4, -0.2) is 25.7 Å². The Morgan fingerprint density at radius 3 is 3.06 bits per heavy atom. The molecule has 1 unspecified atom stereocenters. The minimum Gasteiger partial charge on any atom is -0.365 e. The number of hydrogen-bond donors (Lipinski definition) is 1. The SMILES string of the molecule is Cl.Fc1cc(Cl)cc2c1CC1CNCCN21. The number of fused-ring (bicyclic) bond motifs is 3. The second-order valence-electron chi connectivity index (χ2n) is 4.14.